The maximum absolute atomic E-state index is 12.1. The van der Waals surface area contributed by atoms with Gasteiger partial charge in [0.15, 0.2) is 0 Å². The van der Waals surface area contributed by atoms with Crippen LogP contribution in [0.1, 0.15) is 28.1 Å². The number of nitrogens with two attached hydrogens (primary N) is 1. The quantitative estimate of drug-likeness (QED) is 0.766. The third-order valence-electron chi connectivity index (χ3n) is 3.12. The molecule has 0 aliphatic rings. The third-order valence-corrected chi connectivity index (χ3v) is 3.99. The molecule has 0 aliphatic heterocycles. The van der Waals surface area contributed by atoms with Crippen molar-refractivity contribution < 1.29 is 9.59 Å². The van der Waals surface area contributed by atoms with Crippen LogP contribution in [0.3, 0.4) is 0 Å². The summed E-state index contributed by atoms with van der Waals surface area (Å²) in [5, 5.41) is 7.54. The summed E-state index contributed by atoms with van der Waals surface area (Å²) in [5.74, 6) is -0.227. The van der Waals surface area contributed by atoms with E-state index in [1.807, 2.05) is 30.5 Å². The van der Waals surface area contributed by atoms with Crippen molar-refractivity contribution in [3.8, 4) is 0 Å². The van der Waals surface area contributed by atoms with Gasteiger partial charge in [-0.25, -0.2) is 0 Å². The van der Waals surface area contributed by atoms with Gasteiger partial charge in [-0.3, -0.25) is 9.59 Å². The maximum Gasteiger partial charge on any atom is 0.265 e. The van der Waals surface area contributed by atoms with Crippen molar-refractivity contribution in [2.45, 2.75) is 19.8 Å². The first-order valence-electron chi connectivity index (χ1n) is 7.05. The lowest BCUT2D eigenvalue weighted by Gasteiger charge is -2.11. The maximum atomic E-state index is 12.1. The Hall–Kier alpha value is -2.18. The predicted molar refractivity (Wildman–Crippen MR) is 90.4 cm³/mol. The van der Waals surface area contributed by atoms with Crippen molar-refractivity contribution in [1.29, 1.82) is 0 Å². The summed E-state index contributed by atoms with van der Waals surface area (Å²) >= 11 is 1.39. The van der Waals surface area contributed by atoms with Gasteiger partial charge in [-0.2, -0.15) is 0 Å². The molecule has 2 amide bonds. The number of carbonyl (C=O) groups excluding carboxylic acids is 2. The van der Waals surface area contributed by atoms with E-state index in [1.165, 1.54) is 11.3 Å². The summed E-state index contributed by atoms with van der Waals surface area (Å²) in [7, 11) is 0. The zero-order valence-electron chi connectivity index (χ0n) is 12.4. The Kier molecular flexibility index (Phi) is 5.68. The molecule has 1 aromatic heterocycles. The van der Waals surface area contributed by atoms with E-state index in [0.29, 0.717) is 35.6 Å². The van der Waals surface area contributed by atoms with E-state index >= 15 is 0 Å². The van der Waals surface area contributed by atoms with Gasteiger partial charge < -0.3 is 16.4 Å². The summed E-state index contributed by atoms with van der Waals surface area (Å²) < 4.78 is 0. The van der Waals surface area contributed by atoms with Crippen LogP contribution in [0.25, 0.3) is 0 Å². The number of carbonyl (C=O) groups is 2. The molecule has 1 heterocycles. The minimum Gasteiger partial charge on any atom is -0.330 e. The molecule has 0 saturated heterocycles. The molecule has 6 heteroatoms. The molecule has 0 atom stereocenters. The zero-order valence-corrected chi connectivity index (χ0v) is 13.2. The molecule has 0 saturated carbocycles. The first kappa shape index (κ1) is 16.2. The largest absolute Gasteiger partial charge is 0.330 e. The molecule has 0 unspecified atom stereocenters. The van der Waals surface area contributed by atoms with Gasteiger partial charge in [0.05, 0.1) is 4.88 Å². The van der Waals surface area contributed by atoms with E-state index in [2.05, 4.69) is 10.6 Å². The van der Waals surface area contributed by atoms with E-state index < -0.39 is 0 Å². The van der Waals surface area contributed by atoms with Crippen LogP contribution in [-0.4, -0.2) is 18.4 Å². The molecule has 1 aromatic carbocycles. The molecule has 22 heavy (non-hydrogen) atoms. The average molecular weight is 317 g/mol. The van der Waals surface area contributed by atoms with Crippen molar-refractivity contribution in [3.63, 3.8) is 0 Å². The Bertz CT molecular complexity index is 653. The average Bonchev–Trinajstić information content (AvgIpc) is 3.03. The van der Waals surface area contributed by atoms with Crippen LogP contribution in [0, 0.1) is 6.92 Å². The number of rotatable bonds is 6. The monoisotopic (exact) mass is 317 g/mol. The summed E-state index contributed by atoms with van der Waals surface area (Å²) in [6, 6.07) is 9.05. The van der Waals surface area contributed by atoms with Crippen LogP contribution in [-0.2, 0) is 4.79 Å². The first-order valence-corrected chi connectivity index (χ1v) is 7.93. The summed E-state index contributed by atoms with van der Waals surface area (Å²) in [6.45, 7) is 2.40. The molecule has 0 aliphatic carbocycles. The van der Waals surface area contributed by atoms with E-state index in [0.717, 1.165) is 5.56 Å². The Labute approximate surface area is 133 Å². The van der Waals surface area contributed by atoms with E-state index in [9.17, 15) is 9.59 Å². The lowest BCUT2D eigenvalue weighted by atomic mass is 10.1. The van der Waals surface area contributed by atoms with Crippen molar-refractivity contribution in [3.05, 3.63) is 46.2 Å². The topological polar surface area (TPSA) is 84.2 Å². The van der Waals surface area contributed by atoms with E-state index in [4.69, 9.17) is 5.73 Å². The summed E-state index contributed by atoms with van der Waals surface area (Å²) in [5.41, 5.74) is 7.67. The van der Waals surface area contributed by atoms with Crippen LogP contribution in [0.5, 0.6) is 0 Å². The first-order chi connectivity index (χ1) is 10.6. The Balaban J connectivity index is 2.06. The van der Waals surface area contributed by atoms with Gasteiger partial charge in [0.2, 0.25) is 5.91 Å². The number of nitrogens with one attached hydrogen (secondary N) is 2. The normalized spacial score (nSPS) is 10.3. The second-order valence-electron chi connectivity index (χ2n) is 4.90. The number of amides is 2. The van der Waals surface area contributed by atoms with Crippen molar-refractivity contribution in [2.75, 3.05) is 17.2 Å². The van der Waals surface area contributed by atoms with Gasteiger partial charge in [0.25, 0.3) is 5.91 Å². The van der Waals surface area contributed by atoms with Gasteiger partial charge in [-0.1, -0.05) is 12.1 Å². The molecule has 0 bridgehead atoms. The fourth-order valence-corrected chi connectivity index (χ4v) is 2.53. The number of hydrogen-bond donors (Lipinski definition) is 3. The third kappa shape index (κ3) is 4.41. The molecule has 0 spiro atoms. The number of aryl methyl sites for hydroxylation is 1. The van der Waals surface area contributed by atoms with Gasteiger partial charge in [-0.05, 0) is 49.0 Å². The fraction of sp³-hybridized carbons (Fsp3) is 0.250. The highest BCUT2D eigenvalue weighted by atomic mass is 32.1. The standard InChI is InChI=1S/C16H19N3O2S/c1-11-6-7-12(18-15(20)5-2-8-17)10-13(11)19-16(21)14-4-3-9-22-14/h3-4,6-7,9-10H,2,5,8,17H2,1H3,(H,18,20)(H,19,21). The fourth-order valence-electron chi connectivity index (χ4n) is 1.91. The number of anilines is 2. The number of thiophene rings is 1. The van der Waals surface area contributed by atoms with Crippen LogP contribution in [0.4, 0.5) is 11.4 Å². The minimum absolute atomic E-state index is 0.0789. The van der Waals surface area contributed by atoms with Crippen molar-refractivity contribution in [2.24, 2.45) is 5.73 Å². The highest BCUT2D eigenvalue weighted by Crippen LogP contribution is 2.22. The smallest absolute Gasteiger partial charge is 0.265 e. The molecule has 2 aromatic rings. The van der Waals surface area contributed by atoms with Gasteiger partial charge >= 0.3 is 0 Å². The number of hydrogen-bond acceptors (Lipinski definition) is 4. The zero-order chi connectivity index (χ0) is 15.9. The Morgan fingerprint density at radius 2 is 2.05 bits per heavy atom. The van der Waals surface area contributed by atoms with E-state index in [1.54, 1.807) is 12.1 Å². The number of benzene rings is 1. The second-order valence-corrected chi connectivity index (χ2v) is 5.85. The van der Waals surface area contributed by atoms with E-state index in [-0.39, 0.29) is 11.8 Å². The predicted octanol–water partition coefficient (Wildman–Crippen LogP) is 2.99. The molecule has 2 rings (SSSR count). The van der Waals surface area contributed by atoms with Gasteiger partial charge in [0, 0.05) is 17.8 Å². The highest BCUT2D eigenvalue weighted by molar-refractivity contribution is 7.12. The molecule has 0 radical (unpaired) electrons. The van der Waals surface area contributed by atoms with Crippen LogP contribution < -0.4 is 16.4 Å². The molecule has 116 valence electrons. The van der Waals surface area contributed by atoms with Gasteiger partial charge in [0.1, 0.15) is 0 Å². The Morgan fingerprint density at radius 3 is 2.73 bits per heavy atom. The molecule has 4 N–H and O–H groups in total. The van der Waals surface area contributed by atoms with Crippen LogP contribution in [0.2, 0.25) is 0 Å². The van der Waals surface area contributed by atoms with Crippen LogP contribution in [0.15, 0.2) is 35.7 Å². The van der Waals surface area contributed by atoms with Crippen LogP contribution >= 0.6 is 11.3 Å². The second kappa shape index (κ2) is 7.72. The lowest BCUT2D eigenvalue weighted by molar-refractivity contribution is -0.116. The highest BCUT2D eigenvalue weighted by Gasteiger charge is 2.10. The minimum atomic E-state index is -0.148. The van der Waals surface area contributed by atoms with Crippen molar-refractivity contribution >= 4 is 34.5 Å². The molecular weight excluding hydrogens is 298 g/mol. The molecule has 5 nitrogen and oxygen atoms in total. The van der Waals surface area contributed by atoms with Gasteiger partial charge in [-0.15, -0.1) is 11.3 Å². The van der Waals surface area contributed by atoms with Crippen molar-refractivity contribution in [1.82, 2.24) is 0 Å². The lowest BCUT2D eigenvalue weighted by Crippen LogP contribution is -2.15. The molecule has 0 fully saturated rings. The Morgan fingerprint density at radius 1 is 1.23 bits per heavy atom. The molecular formula is C16H19N3O2S. The summed E-state index contributed by atoms with van der Waals surface area (Å²) in [6.07, 6.45) is 1.04. The summed E-state index contributed by atoms with van der Waals surface area (Å²) in [4.78, 5) is 24.5. The SMILES string of the molecule is Cc1ccc(NC(=O)CCCN)cc1NC(=O)c1cccs1.